The molecule has 0 spiro atoms. The number of nitrogens with one attached hydrogen (secondary N) is 1. The van der Waals surface area contributed by atoms with E-state index in [4.69, 9.17) is 0 Å². The molecule has 6 nitrogen and oxygen atoms in total. The van der Waals surface area contributed by atoms with Crippen LogP contribution in [0.4, 0.5) is 0 Å². The summed E-state index contributed by atoms with van der Waals surface area (Å²) in [6.07, 6.45) is 2.25. The monoisotopic (exact) mass is 357 g/mol. The summed E-state index contributed by atoms with van der Waals surface area (Å²) >= 11 is 0. The number of benzene rings is 1. The van der Waals surface area contributed by atoms with Gasteiger partial charge in [0.05, 0.1) is 17.5 Å². The molecule has 0 fully saturated rings. The van der Waals surface area contributed by atoms with E-state index in [0.717, 1.165) is 12.2 Å². The number of hydrogen-bond acceptors (Lipinski definition) is 3. The molecule has 26 heavy (non-hydrogen) atoms. The second-order valence-electron chi connectivity index (χ2n) is 7.12. The van der Waals surface area contributed by atoms with Crippen LogP contribution in [-0.2, 0) is 23.2 Å². The lowest BCUT2D eigenvalue weighted by Crippen LogP contribution is -2.44. The van der Waals surface area contributed by atoms with Crippen LogP contribution in [0.3, 0.4) is 0 Å². The quantitative estimate of drug-likeness (QED) is 0.761. The number of carboxylic acids is 1. The Hall–Kier alpha value is -2.63. The van der Waals surface area contributed by atoms with Gasteiger partial charge in [-0.15, -0.1) is 0 Å². The van der Waals surface area contributed by atoms with Gasteiger partial charge in [-0.25, -0.2) is 0 Å². The smallest absolute Gasteiger partial charge is 0.315 e. The predicted molar refractivity (Wildman–Crippen MR) is 100 cm³/mol. The summed E-state index contributed by atoms with van der Waals surface area (Å²) in [5, 5.41) is 16.8. The van der Waals surface area contributed by atoms with Gasteiger partial charge in [-0.3, -0.25) is 14.3 Å². The highest BCUT2D eigenvalue weighted by atomic mass is 16.4. The summed E-state index contributed by atoms with van der Waals surface area (Å²) in [5.41, 5.74) is 0.831. The van der Waals surface area contributed by atoms with Crippen molar-refractivity contribution >= 4 is 11.9 Å². The molecule has 0 saturated heterocycles. The summed E-state index contributed by atoms with van der Waals surface area (Å²) in [7, 11) is 0. The van der Waals surface area contributed by atoms with Crippen molar-refractivity contribution in [1.82, 2.24) is 15.1 Å². The zero-order valence-electron chi connectivity index (χ0n) is 15.8. The standard InChI is InChI=1S/C20H27N3O3/c1-5-17-16(11-22-23(17)12-14(2)3)18(24)21-13-20(4,19(25)26)15-9-7-6-8-10-15/h6-11,14H,5,12-13H2,1-4H3,(H,21,24)(H,25,26). The molecule has 2 aromatic rings. The first-order chi connectivity index (χ1) is 12.3. The van der Waals surface area contributed by atoms with Crippen LogP contribution < -0.4 is 5.32 Å². The van der Waals surface area contributed by atoms with Crippen molar-refractivity contribution in [3.05, 3.63) is 53.3 Å². The fourth-order valence-electron chi connectivity index (χ4n) is 2.94. The maximum atomic E-state index is 12.7. The third-order valence-corrected chi connectivity index (χ3v) is 4.55. The Bertz CT molecular complexity index is 768. The Balaban J connectivity index is 2.19. The van der Waals surface area contributed by atoms with E-state index in [1.54, 1.807) is 37.4 Å². The molecule has 1 amide bonds. The second-order valence-corrected chi connectivity index (χ2v) is 7.12. The number of aliphatic carboxylic acids is 1. The highest BCUT2D eigenvalue weighted by Crippen LogP contribution is 2.23. The molecule has 1 atom stereocenters. The van der Waals surface area contributed by atoms with Gasteiger partial charge >= 0.3 is 5.97 Å². The molecule has 0 radical (unpaired) electrons. The van der Waals surface area contributed by atoms with Crippen LogP contribution in [0.25, 0.3) is 0 Å². The number of carbonyl (C=O) groups is 2. The SMILES string of the molecule is CCc1c(C(=O)NCC(C)(C(=O)O)c2ccccc2)cnn1CC(C)C. The van der Waals surface area contributed by atoms with Crippen molar-refractivity contribution in [2.24, 2.45) is 5.92 Å². The van der Waals surface area contributed by atoms with Gasteiger partial charge < -0.3 is 10.4 Å². The lowest BCUT2D eigenvalue weighted by Gasteiger charge is -2.25. The van der Waals surface area contributed by atoms with Crippen LogP contribution in [0.5, 0.6) is 0 Å². The van der Waals surface area contributed by atoms with E-state index < -0.39 is 11.4 Å². The highest BCUT2D eigenvalue weighted by molar-refractivity contribution is 5.95. The van der Waals surface area contributed by atoms with Gasteiger partial charge in [0, 0.05) is 13.1 Å². The Morgan fingerprint density at radius 1 is 1.27 bits per heavy atom. The number of aromatic nitrogens is 2. The summed E-state index contributed by atoms with van der Waals surface area (Å²) in [6.45, 7) is 8.54. The number of carbonyl (C=O) groups excluding carboxylic acids is 1. The minimum Gasteiger partial charge on any atom is -0.481 e. The summed E-state index contributed by atoms with van der Waals surface area (Å²) in [5.74, 6) is -0.847. The summed E-state index contributed by atoms with van der Waals surface area (Å²) < 4.78 is 1.85. The van der Waals surface area contributed by atoms with Crippen molar-refractivity contribution < 1.29 is 14.7 Å². The zero-order valence-corrected chi connectivity index (χ0v) is 15.8. The van der Waals surface area contributed by atoms with E-state index in [0.29, 0.717) is 23.5 Å². The van der Waals surface area contributed by atoms with Crippen LogP contribution >= 0.6 is 0 Å². The van der Waals surface area contributed by atoms with Crippen molar-refractivity contribution in [3.63, 3.8) is 0 Å². The lowest BCUT2D eigenvalue weighted by molar-refractivity contribution is -0.142. The number of carboxylic acid groups (broad SMARTS) is 1. The van der Waals surface area contributed by atoms with Crippen LogP contribution in [-0.4, -0.2) is 33.3 Å². The first-order valence-electron chi connectivity index (χ1n) is 8.91. The molecule has 0 saturated carbocycles. The molecule has 0 bridgehead atoms. The third kappa shape index (κ3) is 4.12. The Labute approximate surface area is 154 Å². The van der Waals surface area contributed by atoms with Gasteiger partial charge in [-0.1, -0.05) is 51.1 Å². The molecular weight excluding hydrogens is 330 g/mol. The third-order valence-electron chi connectivity index (χ3n) is 4.55. The van der Waals surface area contributed by atoms with E-state index in [1.807, 2.05) is 17.7 Å². The second kappa shape index (κ2) is 8.17. The molecule has 1 unspecified atom stereocenters. The average molecular weight is 357 g/mol. The fraction of sp³-hybridized carbons (Fsp3) is 0.450. The molecule has 140 valence electrons. The highest BCUT2D eigenvalue weighted by Gasteiger charge is 2.35. The molecule has 2 N–H and O–H groups in total. The molecule has 1 heterocycles. The Morgan fingerprint density at radius 3 is 2.46 bits per heavy atom. The van der Waals surface area contributed by atoms with E-state index in [9.17, 15) is 14.7 Å². The van der Waals surface area contributed by atoms with Gasteiger partial charge in [-0.2, -0.15) is 5.10 Å². The normalized spacial score (nSPS) is 13.4. The molecule has 0 aliphatic heterocycles. The number of amides is 1. The summed E-state index contributed by atoms with van der Waals surface area (Å²) in [6, 6.07) is 8.95. The molecule has 6 heteroatoms. The van der Waals surface area contributed by atoms with Crippen molar-refractivity contribution in [1.29, 1.82) is 0 Å². The van der Waals surface area contributed by atoms with Gasteiger partial charge in [0.2, 0.25) is 0 Å². The van der Waals surface area contributed by atoms with Gasteiger partial charge in [0.1, 0.15) is 5.41 Å². The molecule has 0 aliphatic carbocycles. The van der Waals surface area contributed by atoms with Gasteiger partial charge in [0.15, 0.2) is 0 Å². The van der Waals surface area contributed by atoms with E-state index in [1.165, 1.54) is 0 Å². The first-order valence-corrected chi connectivity index (χ1v) is 8.91. The van der Waals surface area contributed by atoms with E-state index in [2.05, 4.69) is 24.3 Å². The lowest BCUT2D eigenvalue weighted by atomic mass is 9.82. The zero-order chi connectivity index (χ0) is 19.3. The van der Waals surface area contributed by atoms with Crippen LogP contribution in [0.1, 0.15) is 49.3 Å². The molecule has 0 aliphatic rings. The average Bonchev–Trinajstić information content (AvgIpc) is 3.01. The largest absolute Gasteiger partial charge is 0.481 e. The van der Waals surface area contributed by atoms with E-state index >= 15 is 0 Å². The molecule has 1 aromatic heterocycles. The topological polar surface area (TPSA) is 84.2 Å². The Kier molecular flexibility index (Phi) is 6.18. The number of rotatable bonds is 8. The van der Waals surface area contributed by atoms with Gasteiger partial charge in [0.25, 0.3) is 5.91 Å². The maximum absolute atomic E-state index is 12.7. The predicted octanol–water partition coefficient (Wildman–Crippen LogP) is 2.87. The minimum atomic E-state index is -1.20. The van der Waals surface area contributed by atoms with Crippen LogP contribution in [0.15, 0.2) is 36.5 Å². The number of nitrogens with zero attached hydrogens (tertiary/aromatic N) is 2. The molecule has 2 rings (SSSR count). The van der Waals surface area contributed by atoms with Crippen molar-refractivity contribution in [2.75, 3.05) is 6.54 Å². The minimum absolute atomic E-state index is 0.00367. The van der Waals surface area contributed by atoms with Crippen LogP contribution in [0.2, 0.25) is 0 Å². The van der Waals surface area contributed by atoms with E-state index in [-0.39, 0.29) is 12.5 Å². The van der Waals surface area contributed by atoms with Crippen LogP contribution in [0, 0.1) is 5.92 Å². The first kappa shape index (κ1) is 19.7. The summed E-state index contributed by atoms with van der Waals surface area (Å²) in [4.78, 5) is 24.5. The van der Waals surface area contributed by atoms with Crippen molar-refractivity contribution in [2.45, 2.75) is 46.1 Å². The van der Waals surface area contributed by atoms with Crippen molar-refractivity contribution in [3.8, 4) is 0 Å². The maximum Gasteiger partial charge on any atom is 0.315 e. The van der Waals surface area contributed by atoms with Gasteiger partial charge in [-0.05, 0) is 24.8 Å². The molecular formula is C20H27N3O3. The number of hydrogen-bond donors (Lipinski definition) is 2. The fourth-order valence-corrected chi connectivity index (χ4v) is 2.94. The molecule has 1 aromatic carbocycles. The Morgan fingerprint density at radius 2 is 1.92 bits per heavy atom.